The van der Waals surface area contributed by atoms with Crippen molar-refractivity contribution in [1.29, 1.82) is 0 Å². The number of nitrogens with zero attached hydrogens (tertiary/aromatic N) is 2. The minimum atomic E-state index is -3.84. The van der Waals surface area contributed by atoms with Gasteiger partial charge in [0.1, 0.15) is 12.2 Å². The number of carbonyl (C=O) groups is 2. The van der Waals surface area contributed by atoms with Crippen LogP contribution >= 0.6 is 11.3 Å². The highest BCUT2D eigenvalue weighted by molar-refractivity contribution is 7.91. The van der Waals surface area contributed by atoms with Gasteiger partial charge in [0.25, 0.3) is 10.0 Å². The molecule has 30 heavy (non-hydrogen) atoms. The highest BCUT2D eigenvalue weighted by Crippen LogP contribution is 2.38. The smallest absolute Gasteiger partial charge is 0.410 e. The Kier molecular flexibility index (Phi) is 6.93. The molecule has 9 nitrogen and oxygen atoms in total. The number of hydrogen-bond donors (Lipinski definition) is 0. The molecule has 0 bridgehead atoms. The third-order valence-electron chi connectivity index (χ3n) is 5.96. The Bertz CT molecular complexity index is 891. The summed E-state index contributed by atoms with van der Waals surface area (Å²) in [6.07, 6.45) is 1.67. The Hall–Kier alpha value is -1.85. The number of hydrogen-bond acceptors (Lipinski definition) is 8. The molecule has 1 aromatic rings. The largest absolute Gasteiger partial charge is 0.494 e. The summed E-state index contributed by atoms with van der Waals surface area (Å²) in [5.41, 5.74) is 0.0923. The highest BCUT2D eigenvalue weighted by Gasteiger charge is 2.43. The van der Waals surface area contributed by atoms with Gasteiger partial charge in [0.15, 0.2) is 9.96 Å². The molecular formula is C19H28N2O7S2. The van der Waals surface area contributed by atoms with E-state index < -0.39 is 16.0 Å². The van der Waals surface area contributed by atoms with Crippen molar-refractivity contribution in [2.75, 3.05) is 33.9 Å². The second-order valence-corrected chi connectivity index (χ2v) is 10.5. The monoisotopic (exact) mass is 460 g/mol. The van der Waals surface area contributed by atoms with Crippen molar-refractivity contribution in [1.82, 2.24) is 9.21 Å². The summed E-state index contributed by atoms with van der Waals surface area (Å²) in [6.45, 7) is 5.12. The number of cyclic esters (lactones) is 1. The summed E-state index contributed by atoms with van der Waals surface area (Å²) in [7, 11) is -1.28. The molecule has 2 unspecified atom stereocenters. The quantitative estimate of drug-likeness (QED) is 0.576. The van der Waals surface area contributed by atoms with Crippen molar-refractivity contribution in [3.8, 4) is 5.75 Å². The molecule has 2 saturated heterocycles. The second-order valence-electron chi connectivity index (χ2n) is 7.53. The van der Waals surface area contributed by atoms with Crippen molar-refractivity contribution in [3.05, 3.63) is 10.9 Å². The normalized spacial score (nSPS) is 22.1. The van der Waals surface area contributed by atoms with E-state index in [0.29, 0.717) is 25.4 Å². The lowest BCUT2D eigenvalue weighted by atomic mass is 9.95. The molecule has 1 amide bonds. The van der Waals surface area contributed by atoms with E-state index in [-0.39, 0.29) is 46.8 Å². The number of amides is 1. The number of thiophene rings is 1. The summed E-state index contributed by atoms with van der Waals surface area (Å²) < 4.78 is 43.0. The average molecular weight is 461 g/mol. The molecule has 1 aromatic heterocycles. The van der Waals surface area contributed by atoms with Crippen LogP contribution in [0.3, 0.4) is 0 Å². The summed E-state index contributed by atoms with van der Waals surface area (Å²) >= 11 is 0.939. The number of carbonyl (C=O) groups excluding carboxylic acids is 2. The SMILES string of the molecule is CCC(C)C1COC(=O)N1C1CCN(S(=O)(=O)c2scc(C(=O)OC)c2OC)CC1. The van der Waals surface area contributed by atoms with Gasteiger partial charge in [-0.15, -0.1) is 11.3 Å². The average Bonchev–Trinajstić information content (AvgIpc) is 3.36. The first-order chi connectivity index (χ1) is 14.3. The van der Waals surface area contributed by atoms with Crippen LogP contribution in [0.15, 0.2) is 9.59 Å². The molecular weight excluding hydrogens is 432 g/mol. The van der Waals surface area contributed by atoms with Crippen LogP contribution in [0.1, 0.15) is 43.5 Å². The number of piperidine rings is 1. The van der Waals surface area contributed by atoms with E-state index in [2.05, 4.69) is 13.8 Å². The summed E-state index contributed by atoms with van der Waals surface area (Å²) in [6, 6.07) is -0.0306. The van der Waals surface area contributed by atoms with Gasteiger partial charge in [-0.1, -0.05) is 20.3 Å². The van der Waals surface area contributed by atoms with Gasteiger partial charge in [-0.05, 0) is 18.8 Å². The third kappa shape index (κ3) is 4.02. The fourth-order valence-corrected chi connectivity index (χ4v) is 7.04. The standard InChI is InChI=1S/C19H28N2O7S2/c1-5-12(2)15-10-28-19(23)21(15)13-6-8-20(9-7-13)30(24,25)18-16(26-3)14(11-29-18)17(22)27-4/h11-13,15H,5-10H2,1-4H3. The van der Waals surface area contributed by atoms with Crippen molar-refractivity contribution in [2.45, 2.75) is 49.4 Å². The van der Waals surface area contributed by atoms with Crippen LogP contribution in [0.5, 0.6) is 5.75 Å². The lowest BCUT2D eigenvalue weighted by molar-refractivity contribution is 0.0597. The zero-order valence-corrected chi connectivity index (χ0v) is 19.3. The van der Waals surface area contributed by atoms with Gasteiger partial charge in [-0.25, -0.2) is 18.0 Å². The van der Waals surface area contributed by atoms with Gasteiger partial charge in [-0.2, -0.15) is 4.31 Å². The molecule has 2 aliphatic heterocycles. The molecule has 0 aliphatic carbocycles. The van der Waals surface area contributed by atoms with Crippen molar-refractivity contribution >= 4 is 33.4 Å². The molecule has 0 spiro atoms. The number of methoxy groups -OCH3 is 2. The lowest BCUT2D eigenvalue weighted by Crippen LogP contribution is -2.51. The second kappa shape index (κ2) is 9.11. The van der Waals surface area contributed by atoms with Crippen LogP contribution in [0, 0.1) is 5.92 Å². The van der Waals surface area contributed by atoms with Crippen molar-refractivity contribution in [3.63, 3.8) is 0 Å². The van der Waals surface area contributed by atoms with Crippen LogP contribution in [0.4, 0.5) is 4.79 Å². The number of rotatable bonds is 7. The maximum atomic E-state index is 13.2. The Labute approximate surface area is 180 Å². The topological polar surface area (TPSA) is 102 Å². The van der Waals surface area contributed by atoms with Crippen LogP contribution in [-0.2, 0) is 19.5 Å². The predicted molar refractivity (Wildman–Crippen MR) is 110 cm³/mol. The molecule has 0 N–H and O–H groups in total. The van der Waals surface area contributed by atoms with Crippen LogP contribution in [0.2, 0.25) is 0 Å². The first kappa shape index (κ1) is 22.8. The van der Waals surface area contributed by atoms with Gasteiger partial charge in [-0.3, -0.25) is 4.90 Å². The molecule has 0 radical (unpaired) electrons. The zero-order valence-electron chi connectivity index (χ0n) is 17.6. The fraction of sp³-hybridized carbons (Fsp3) is 0.684. The minimum absolute atomic E-state index is 0.00827. The minimum Gasteiger partial charge on any atom is -0.494 e. The molecule has 0 aromatic carbocycles. The van der Waals surface area contributed by atoms with E-state index in [1.807, 2.05) is 0 Å². The van der Waals surface area contributed by atoms with Gasteiger partial charge in [0, 0.05) is 24.5 Å². The number of ether oxygens (including phenoxy) is 3. The van der Waals surface area contributed by atoms with E-state index in [9.17, 15) is 18.0 Å². The lowest BCUT2D eigenvalue weighted by Gasteiger charge is -2.38. The van der Waals surface area contributed by atoms with E-state index in [1.165, 1.54) is 23.9 Å². The van der Waals surface area contributed by atoms with Gasteiger partial charge in [0.05, 0.1) is 20.3 Å². The van der Waals surface area contributed by atoms with E-state index in [0.717, 1.165) is 17.8 Å². The Morgan fingerprint density at radius 3 is 2.57 bits per heavy atom. The van der Waals surface area contributed by atoms with Gasteiger partial charge >= 0.3 is 12.1 Å². The molecule has 0 saturated carbocycles. The highest BCUT2D eigenvalue weighted by atomic mass is 32.2. The van der Waals surface area contributed by atoms with Crippen LogP contribution < -0.4 is 4.74 Å². The van der Waals surface area contributed by atoms with Crippen LogP contribution in [-0.4, -0.2) is 75.7 Å². The number of esters is 1. The first-order valence-corrected chi connectivity index (χ1v) is 12.3. The van der Waals surface area contributed by atoms with Gasteiger partial charge < -0.3 is 14.2 Å². The van der Waals surface area contributed by atoms with Crippen molar-refractivity contribution < 1.29 is 32.2 Å². The molecule has 2 fully saturated rings. The van der Waals surface area contributed by atoms with Crippen LogP contribution in [0.25, 0.3) is 0 Å². The summed E-state index contributed by atoms with van der Waals surface area (Å²) in [4.78, 5) is 26.0. The molecule has 168 valence electrons. The van der Waals surface area contributed by atoms with E-state index in [1.54, 1.807) is 4.90 Å². The van der Waals surface area contributed by atoms with E-state index in [4.69, 9.17) is 14.2 Å². The molecule has 11 heteroatoms. The summed E-state index contributed by atoms with van der Waals surface area (Å²) in [5, 5.41) is 1.43. The third-order valence-corrected chi connectivity index (χ3v) is 9.33. The molecule has 3 heterocycles. The molecule has 3 rings (SSSR count). The van der Waals surface area contributed by atoms with E-state index >= 15 is 0 Å². The van der Waals surface area contributed by atoms with Crippen molar-refractivity contribution in [2.24, 2.45) is 5.92 Å². The molecule has 2 aliphatic rings. The zero-order chi connectivity index (χ0) is 22.1. The molecule has 2 atom stereocenters. The predicted octanol–water partition coefficient (Wildman–Crippen LogP) is 2.56. The Morgan fingerprint density at radius 2 is 2.00 bits per heavy atom. The maximum Gasteiger partial charge on any atom is 0.410 e. The van der Waals surface area contributed by atoms with Gasteiger partial charge in [0.2, 0.25) is 0 Å². The Morgan fingerprint density at radius 1 is 1.33 bits per heavy atom. The maximum absolute atomic E-state index is 13.2. The fourth-order valence-electron chi connectivity index (χ4n) is 4.01. The number of sulfonamides is 1. The Balaban J connectivity index is 1.75. The summed E-state index contributed by atoms with van der Waals surface area (Å²) in [5.74, 6) is -0.328. The first-order valence-electron chi connectivity index (χ1n) is 9.95.